The smallest absolute Gasteiger partial charge is 0.352 e. The van der Waals surface area contributed by atoms with E-state index in [0.29, 0.717) is 0 Å². The number of carbonyl (C=O) groups is 2. The summed E-state index contributed by atoms with van der Waals surface area (Å²) in [7, 11) is 0. The van der Waals surface area contributed by atoms with E-state index in [1.165, 1.54) is 10.6 Å². The molecule has 1 amide bonds. The monoisotopic (exact) mass is 266 g/mol. The van der Waals surface area contributed by atoms with Crippen molar-refractivity contribution < 1.29 is 19.4 Å². The Morgan fingerprint density at radius 2 is 2.42 bits per heavy atom. The van der Waals surface area contributed by atoms with E-state index in [-0.39, 0.29) is 30.3 Å². The molecule has 2 atom stereocenters. The number of rotatable bonds is 5. The molecule has 19 heavy (non-hydrogen) atoms. The zero-order valence-electron chi connectivity index (χ0n) is 10.8. The van der Waals surface area contributed by atoms with Crippen LogP contribution >= 0.6 is 0 Å². The van der Waals surface area contributed by atoms with Gasteiger partial charge in [0.1, 0.15) is 12.2 Å². The number of aromatic nitrogens is 1. The molecule has 0 saturated carbocycles. The van der Waals surface area contributed by atoms with Crippen molar-refractivity contribution in [3.8, 4) is 0 Å². The molecule has 1 aliphatic rings. The summed E-state index contributed by atoms with van der Waals surface area (Å²) >= 11 is 0. The van der Waals surface area contributed by atoms with Gasteiger partial charge in [0.2, 0.25) is 5.91 Å². The van der Waals surface area contributed by atoms with E-state index in [4.69, 9.17) is 9.84 Å². The molecule has 0 radical (unpaired) electrons. The highest BCUT2D eigenvalue weighted by atomic mass is 16.5. The van der Waals surface area contributed by atoms with Gasteiger partial charge >= 0.3 is 5.97 Å². The second kappa shape index (κ2) is 5.88. The molecule has 0 spiro atoms. The van der Waals surface area contributed by atoms with Crippen molar-refractivity contribution >= 4 is 11.9 Å². The SMILES string of the molecule is CC(NC(=O)Cn1cccc1C(=O)O)C1CCCO1. The fourth-order valence-corrected chi connectivity index (χ4v) is 2.29. The molecule has 2 heterocycles. The quantitative estimate of drug-likeness (QED) is 0.828. The topological polar surface area (TPSA) is 80.6 Å². The highest BCUT2D eigenvalue weighted by Gasteiger charge is 2.23. The molecule has 1 fully saturated rings. The van der Waals surface area contributed by atoms with Crippen molar-refractivity contribution in [3.63, 3.8) is 0 Å². The number of carbonyl (C=O) groups excluding carboxylic acids is 1. The number of carboxylic acid groups (broad SMARTS) is 1. The van der Waals surface area contributed by atoms with Crippen LogP contribution in [-0.4, -0.2) is 40.3 Å². The Hall–Kier alpha value is -1.82. The van der Waals surface area contributed by atoms with Gasteiger partial charge in [-0.2, -0.15) is 0 Å². The highest BCUT2D eigenvalue weighted by Crippen LogP contribution is 2.15. The maximum Gasteiger partial charge on any atom is 0.352 e. The summed E-state index contributed by atoms with van der Waals surface area (Å²) in [5.41, 5.74) is 0.111. The molecule has 6 heteroatoms. The molecule has 104 valence electrons. The summed E-state index contributed by atoms with van der Waals surface area (Å²) in [5.74, 6) is -1.24. The van der Waals surface area contributed by atoms with Gasteiger partial charge < -0.3 is 19.7 Å². The van der Waals surface area contributed by atoms with E-state index >= 15 is 0 Å². The van der Waals surface area contributed by atoms with Gasteiger partial charge in [-0.1, -0.05) is 0 Å². The number of nitrogens with zero attached hydrogens (tertiary/aromatic N) is 1. The Morgan fingerprint density at radius 1 is 1.63 bits per heavy atom. The fourth-order valence-electron chi connectivity index (χ4n) is 2.29. The minimum Gasteiger partial charge on any atom is -0.477 e. The van der Waals surface area contributed by atoms with Gasteiger partial charge in [-0.25, -0.2) is 4.79 Å². The van der Waals surface area contributed by atoms with Crippen LogP contribution in [0.3, 0.4) is 0 Å². The van der Waals surface area contributed by atoms with Crippen LogP contribution in [0, 0.1) is 0 Å². The average Bonchev–Trinajstić information content (AvgIpc) is 2.98. The van der Waals surface area contributed by atoms with E-state index < -0.39 is 5.97 Å². The lowest BCUT2D eigenvalue weighted by molar-refractivity contribution is -0.123. The third kappa shape index (κ3) is 3.35. The number of hydrogen-bond donors (Lipinski definition) is 2. The summed E-state index contributed by atoms with van der Waals surface area (Å²) in [4.78, 5) is 22.8. The molecule has 2 N–H and O–H groups in total. The van der Waals surface area contributed by atoms with Gasteiger partial charge in [0.05, 0.1) is 12.1 Å². The lowest BCUT2D eigenvalue weighted by atomic mass is 10.1. The molecule has 1 aliphatic heterocycles. The lowest BCUT2D eigenvalue weighted by Crippen LogP contribution is -2.42. The van der Waals surface area contributed by atoms with E-state index in [9.17, 15) is 9.59 Å². The molecule has 1 aromatic heterocycles. The molecule has 2 unspecified atom stereocenters. The van der Waals surface area contributed by atoms with Crippen LogP contribution in [-0.2, 0) is 16.1 Å². The molecule has 1 aromatic rings. The van der Waals surface area contributed by atoms with Gasteiger partial charge in [-0.05, 0) is 31.9 Å². The molecule has 6 nitrogen and oxygen atoms in total. The first-order valence-electron chi connectivity index (χ1n) is 6.37. The Balaban J connectivity index is 1.90. The van der Waals surface area contributed by atoms with Crippen LogP contribution in [0.5, 0.6) is 0 Å². The first-order chi connectivity index (χ1) is 9.08. The first kappa shape index (κ1) is 13.6. The zero-order chi connectivity index (χ0) is 13.8. The van der Waals surface area contributed by atoms with Crippen LogP contribution in [0.1, 0.15) is 30.3 Å². The van der Waals surface area contributed by atoms with Gasteiger partial charge in [-0.3, -0.25) is 4.79 Å². The van der Waals surface area contributed by atoms with Crippen molar-refractivity contribution in [2.45, 2.75) is 38.5 Å². The normalized spacial score (nSPS) is 20.2. The lowest BCUT2D eigenvalue weighted by Gasteiger charge is -2.20. The summed E-state index contributed by atoms with van der Waals surface area (Å²) in [6.07, 6.45) is 3.61. The maximum absolute atomic E-state index is 11.9. The van der Waals surface area contributed by atoms with Crippen molar-refractivity contribution in [1.29, 1.82) is 0 Å². The van der Waals surface area contributed by atoms with Crippen LogP contribution in [0.15, 0.2) is 18.3 Å². The number of hydrogen-bond acceptors (Lipinski definition) is 3. The van der Waals surface area contributed by atoms with Crippen LogP contribution < -0.4 is 5.32 Å². The predicted octanol–water partition coefficient (Wildman–Crippen LogP) is 0.870. The Morgan fingerprint density at radius 3 is 3.05 bits per heavy atom. The first-order valence-corrected chi connectivity index (χ1v) is 6.37. The van der Waals surface area contributed by atoms with E-state index in [1.807, 2.05) is 6.92 Å². The third-order valence-corrected chi connectivity index (χ3v) is 3.27. The van der Waals surface area contributed by atoms with E-state index in [0.717, 1.165) is 19.4 Å². The third-order valence-electron chi connectivity index (χ3n) is 3.27. The molecule has 0 bridgehead atoms. The maximum atomic E-state index is 11.9. The van der Waals surface area contributed by atoms with Crippen LogP contribution in [0.4, 0.5) is 0 Å². The Labute approximate surface area is 111 Å². The molecular weight excluding hydrogens is 248 g/mol. The number of aromatic carboxylic acids is 1. The molecule has 0 aliphatic carbocycles. The Bertz CT molecular complexity index is 463. The largest absolute Gasteiger partial charge is 0.477 e. The van der Waals surface area contributed by atoms with Crippen LogP contribution in [0.25, 0.3) is 0 Å². The van der Waals surface area contributed by atoms with E-state index in [1.54, 1.807) is 12.3 Å². The van der Waals surface area contributed by atoms with Crippen molar-refractivity contribution in [3.05, 3.63) is 24.0 Å². The van der Waals surface area contributed by atoms with Gasteiger partial charge in [0.25, 0.3) is 0 Å². The van der Waals surface area contributed by atoms with Crippen LogP contribution in [0.2, 0.25) is 0 Å². The Kier molecular flexibility index (Phi) is 4.21. The number of nitrogens with one attached hydrogen (secondary N) is 1. The van der Waals surface area contributed by atoms with E-state index in [2.05, 4.69) is 5.32 Å². The number of carboxylic acids is 1. The van der Waals surface area contributed by atoms with Gasteiger partial charge in [0.15, 0.2) is 0 Å². The fraction of sp³-hybridized carbons (Fsp3) is 0.538. The second-order valence-electron chi connectivity index (χ2n) is 4.73. The standard InChI is InChI=1S/C13H18N2O4/c1-9(11-5-3-7-19-11)14-12(16)8-15-6-2-4-10(15)13(17)18/h2,4,6,9,11H,3,5,7-8H2,1H3,(H,14,16)(H,17,18). The van der Waals surface area contributed by atoms with Crippen molar-refractivity contribution in [2.24, 2.45) is 0 Å². The average molecular weight is 266 g/mol. The number of ether oxygens (including phenoxy) is 1. The second-order valence-corrected chi connectivity index (χ2v) is 4.73. The highest BCUT2D eigenvalue weighted by molar-refractivity contribution is 5.86. The van der Waals surface area contributed by atoms with Gasteiger partial charge in [0, 0.05) is 12.8 Å². The molecular formula is C13H18N2O4. The molecule has 2 rings (SSSR count). The zero-order valence-corrected chi connectivity index (χ0v) is 10.8. The predicted molar refractivity (Wildman–Crippen MR) is 68.0 cm³/mol. The van der Waals surface area contributed by atoms with Crippen molar-refractivity contribution in [1.82, 2.24) is 9.88 Å². The minimum absolute atomic E-state index is 0.00565. The summed E-state index contributed by atoms with van der Waals surface area (Å²) in [6, 6.07) is 3.03. The minimum atomic E-state index is -1.04. The molecule has 1 saturated heterocycles. The summed E-state index contributed by atoms with van der Waals surface area (Å²) in [5, 5.41) is 11.8. The summed E-state index contributed by atoms with van der Waals surface area (Å²) in [6.45, 7) is 2.65. The van der Waals surface area contributed by atoms with Gasteiger partial charge in [-0.15, -0.1) is 0 Å². The summed E-state index contributed by atoms with van der Waals surface area (Å²) < 4.78 is 6.91. The molecule has 0 aromatic carbocycles. The van der Waals surface area contributed by atoms with Crippen molar-refractivity contribution in [2.75, 3.05) is 6.61 Å². The number of amides is 1.